The second-order valence-electron chi connectivity index (χ2n) is 4.15. The Bertz CT molecular complexity index is 398. The molecular formula is C13H20FN3O. The van der Waals surface area contributed by atoms with Gasteiger partial charge in [-0.05, 0) is 39.0 Å². The van der Waals surface area contributed by atoms with Crippen LogP contribution in [0.1, 0.15) is 20.8 Å². The smallest absolute Gasteiger partial charge is 0.244 e. The van der Waals surface area contributed by atoms with Crippen molar-refractivity contribution in [3.63, 3.8) is 0 Å². The minimum atomic E-state index is -0.417. The molecule has 0 heterocycles. The number of amides is 1. The van der Waals surface area contributed by atoms with Crippen LogP contribution in [0.4, 0.5) is 15.8 Å². The van der Waals surface area contributed by atoms with Gasteiger partial charge in [-0.2, -0.15) is 0 Å². The van der Waals surface area contributed by atoms with E-state index >= 15 is 0 Å². The number of nitrogens with zero attached hydrogens (tertiary/aromatic N) is 1. The molecule has 1 unspecified atom stereocenters. The highest BCUT2D eigenvalue weighted by molar-refractivity contribution is 5.84. The first-order valence-electron chi connectivity index (χ1n) is 6.09. The third-order valence-corrected chi connectivity index (χ3v) is 2.75. The monoisotopic (exact) mass is 253 g/mol. The summed E-state index contributed by atoms with van der Waals surface area (Å²) in [6.45, 7) is 6.92. The van der Waals surface area contributed by atoms with Crippen LogP contribution in [-0.2, 0) is 4.79 Å². The molecule has 5 heteroatoms. The number of nitrogens with two attached hydrogens (primary N) is 1. The number of benzene rings is 1. The largest absolute Gasteiger partial charge is 0.399 e. The van der Waals surface area contributed by atoms with Crippen LogP contribution in [0.15, 0.2) is 18.2 Å². The Morgan fingerprint density at radius 1 is 1.39 bits per heavy atom. The Balaban J connectivity index is 2.74. The molecule has 0 saturated heterocycles. The van der Waals surface area contributed by atoms with Gasteiger partial charge in [0.1, 0.15) is 11.9 Å². The number of nitrogen functional groups attached to an aromatic ring is 1. The van der Waals surface area contributed by atoms with Gasteiger partial charge in [0.25, 0.3) is 0 Å². The van der Waals surface area contributed by atoms with Crippen molar-refractivity contribution in [2.45, 2.75) is 26.8 Å². The van der Waals surface area contributed by atoms with Crippen LogP contribution in [0.2, 0.25) is 0 Å². The van der Waals surface area contributed by atoms with Crippen molar-refractivity contribution in [3.05, 3.63) is 24.0 Å². The van der Waals surface area contributed by atoms with Crippen LogP contribution in [0.5, 0.6) is 0 Å². The SMILES string of the molecule is CCN(CC)C(=O)C(C)Nc1cc(N)cc(F)c1. The van der Waals surface area contributed by atoms with Gasteiger partial charge in [-0.25, -0.2) is 4.39 Å². The lowest BCUT2D eigenvalue weighted by Gasteiger charge is -2.24. The van der Waals surface area contributed by atoms with Gasteiger partial charge in [-0.3, -0.25) is 4.79 Å². The van der Waals surface area contributed by atoms with Gasteiger partial charge < -0.3 is 16.0 Å². The van der Waals surface area contributed by atoms with Crippen molar-refractivity contribution in [2.24, 2.45) is 0 Å². The summed E-state index contributed by atoms with van der Waals surface area (Å²) in [5.74, 6) is -0.428. The molecule has 0 aromatic heterocycles. The summed E-state index contributed by atoms with van der Waals surface area (Å²) < 4.78 is 13.2. The first-order valence-corrected chi connectivity index (χ1v) is 6.09. The van der Waals surface area contributed by atoms with Gasteiger partial charge in [0.2, 0.25) is 5.91 Å². The average Bonchev–Trinajstić information content (AvgIpc) is 2.28. The van der Waals surface area contributed by atoms with Crippen LogP contribution in [0, 0.1) is 5.82 Å². The Hall–Kier alpha value is -1.78. The molecule has 0 aliphatic heterocycles. The molecule has 1 amide bonds. The summed E-state index contributed by atoms with van der Waals surface area (Å²) in [6.07, 6.45) is 0. The Kier molecular flexibility index (Phi) is 4.95. The molecule has 18 heavy (non-hydrogen) atoms. The molecule has 100 valence electrons. The van der Waals surface area contributed by atoms with Crippen molar-refractivity contribution in [1.29, 1.82) is 0 Å². The zero-order valence-corrected chi connectivity index (χ0v) is 11.0. The van der Waals surface area contributed by atoms with Gasteiger partial charge in [0.15, 0.2) is 0 Å². The molecule has 0 saturated carbocycles. The number of anilines is 2. The summed E-state index contributed by atoms with van der Waals surface area (Å²) >= 11 is 0. The molecule has 0 spiro atoms. The van der Waals surface area contributed by atoms with Crippen molar-refractivity contribution in [1.82, 2.24) is 4.90 Å². The van der Waals surface area contributed by atoms with Gasteiger partial charge >= 0.3 is 0 Å². The van der Waals surface area contributed by atoms with E-state index in [2.05, 4.69) is 5.32 Å². The Morgan fingerprint density at radius 3 is 2.50 bits per heavy atom. The fourth-order valence-electron chi connectivity index (χ4n) is 1.82. The van der Waals surface area contributed by atoms with E-state index in [1.54, 1.807) is 17.9 Å². The molecule has 1 atom stereocenters. The van der Waals surface area contributed by atoms with Crippen molar-refractivity contribution < 1.29 is 9.18 Å². The van der Waals surface area contributed by atoms with Crippen molar-refractivity contribution in [3.8, 4) is 0 Å². The molecule has 0 aliphatic carbocycles. The summed E-state index contributed by atoms with van der Waals surface area (Å²) in [4.78, 5) is 13.7. The highest BCUT2D eigenvalue weighted by atomic mass is 19.1. The number of halogens is 1. The van der Waals surface area contributed by atoms with Gasteiger partial charge in [0, 0.05) is 24.5 Å². The predicted octanol–water partition coefficient (Wildman–Crippen LogP) is 2.08. The van der Waals surface area contributed by atoms with Crippen LogP contribution < -0.4 is 11.1 Å². The van der Waals surface area contributed by atoms with Crippen LogP contribution in [-0.4, -0.2) is 29.9 Å². The lowest BCUT2D eigenvalue weighted by Crippen LogP contribution is -2.41. The summed E-state index contributed by atoms with van der Waals surface area (Å²) in [5.41, 5.74) is 6.40. The molecular weight excluding hydrogens is 233 g/mol. The first-order chi connectivity index (χ1) is 8.47. The quantitative estimate of drug-likeness (QED) is 0.790. The zero-order valence-electron chi connectivity index (χ0n) is 11.0. The predicted molar refractivity (Wildman–Crippen MR) is 71.8 cm³/mol. The van der Waals surface area contributed by atoms with E-state index in [0.717, 1.165) is 0 Å². The van der Waals surface area contributed by atoms with E-state index in [1.807, 2.05) is 13.8 Å². The Morgan fingerprint density at radius 2 is 2.00 bits per heavy atom. The number of hydrogen-bond acceptors (Lipinski definition) is 3. The fraction of sp³-hybridized carbons (Fsp3) is 0.462. The number of hydrogen-bond donors (Lipinski definition) is 2. The van der Waals surface area contributed by atoms with E-state index in [-0.39, 0.29) is 5.91 Å². The van der Waals surface area contributed by atoms with E-state index < -0.39 is 11.9 Å². The van der Waals surface area contributed by atoms with Gasteiger partial charge in [-0.15, -0.1) is 0 Å². The van der Waals surface area contributed by atoms with Crippen LogP contribution in [0.25, 0.3) is 0 Å². The summed E-state index contributed by atoms with van der Waals surface area (Å²) in [5, 5.41) is 2.96. The molecule has 4 nitrogen and oxygen atoms in total. The van der Waals surface area contributed by atoms with Gasteiger partial charge in [-0.1, -0.05) is 0 Å². The molecule has 0 fully saturated rings. The number of carbonyl (C=O) groups is 1. The van der Waals surface area contributed by atoms with Gasteiger partial charge in [0.05, 0.1) is 0 Å². The van der Waals surface area contributed by atoms with E-state index in [4.69, 9.17) is 5.73 Å². The molecule has 1 aromatic carbocycles. The number of nitrogens with one attached hydrogen (secondary N) is 1. The first kappa shape index (κ1) is 14.3. The molecule has 1 aromatic rings. The fourth-order valence-corrected chi connectivity index (χ4v) is 1.82. The van der Waals surface area contributed by atoms with Crippen molar-refractivity contribution in [2.75, 3.05) is 24.1 Å². The van der Waals surface area contributed by atoms with Crippen LogP contribution >= 0.6 is 0 Å². The zero-order chi connectivity index (χ0) is 13.7. The highest BCUT2D eigenvalue weighted by Crippen LogP contribution is 2.16. The second kappa shape index (κ2) is 6.23. The standard InChI is InChI=1S/C13H20FN3O/c1-4-17(5-2)13(18)9(3)16-12-7-10(14)6-11(15)8-12/h6-9,16H,4-5,15H2,1-3H3. The Labute approximate surface area is 107 Å². The number of carbonyl (C=O) groups excluding carboxylic acids is 1. The maximum Gasteiger partial charge on any atom is 0.244 e. The molecule has 1 rings (SSSR count). The molecule has 0 bridgehead atoms. The number of likely N-dealkylation sites (N-methyl/N-ethyl adjacent to an activating group) is 1. The maximum absolute atomic E-state index is 13.2. The van der Waals surface area contributed by atoms with E-state index in [0.29, 0.717) is 24.5 Å². The van der Waals surface area contributed by atoms with Crippen LogP contribution in [0.3, 0.4) is 0 Å². The maximum atomic E-state index is 13.2. The lowest BCUT2D eigenvalue weighted by molar-refractivity contribution is -0.131. The average molecular weight is 253 g/mol. The molecule has 0 radical (unpaired) electrons. The molecule has 0 aliphatic rings. The minimum Gasteiger partial charge on any atom is -0.399 e. The summed E-state index contributed by atoms with van der Waals surface area (Å²) in [6, 6.07) is 3.76. The second-order valence-corrected chi connectivity index (χ2v) is 4.15. The molecule has 3 N–H and O–H groups in total. The number of rotatable bonds is 5. The highest BCUT2D eigenvalue weighted by Gasteiger charge is 2.17. The summed E-state index contributed by atoms with van der Waals surface area (Å²) in [7, 11) is 0. The normalized spacial score (nSPS) is 12.0. The van der Waals surface area contributed by atoms with E-state index in [9.17, 15) is 9.18 Å². The lowest BCUT2D eigenvalue weighted by atomic mass is 10.2. The van der Waals surface area contributed by atoms with Crippen molar-refractivity contribution >= 4 is 17.3 Å². The third kappa shape index (κ3) is 3.61. The topological polar surface area (TPSA) is 58.4 Å². The third-order valence-electron chi connectivity index (χ3n) is 2.75. The van der Waals surface area contributed by atoms with E-state index in [1.165, 1.54) is 12.1 Å². The minimum absolute atomic E-state index is 0.0113.